The van der Waals surface area contributed by atoms with E-state index in [1.54, 1.807) is 0 Å². The summed E-state index contributed by atoms with van der Waals surface area (Å²) >= 11 is 0. The average molecular weight is 252 g/mol. The first-order valence-corrected chi connectivity index (χ1v) is 6.79. The number of hydrogen-bond acceptors (Lipinski definition) is 2. The Morgan fingerprint density at radius 2 is 1.94 bits per heavy atom. The molecule has 3 heteroatoms. The molecule has 0 aromatic heterocycles. The summed E-state index contributed by atoms with van der Waals surface area (Å²) in [6.45, 7) is 7.38. The lowest BCUT2D eigenvalue weighted by molar-refractivity contribution is 0.234. The van der Waals surface area contributed by atoms with E-state index in [2.05, 4.69) is 31.1 Å². The van der Waals surface area contributed by atoms with Crippen LogP contribution in [0.3, 0.4) is 0 Å². The van der Waals surface area contributed by atoms with E-state index in [1.165, 1.54) is 25.0 Å². The second-order valence-electron chi connectivity index (χ2n) is 4.89. The Bertz CT molecular complexity index is 324. The molecule has 0 spiro atoms. The highest BCUT2D eigenvalue weighted by atomic mass is 19.1. The van der Waals surface area contributed by atoms with E-state index in [0.717, 1.165) is 25.2 Å². The molecule has 0 bridgehead atoms. The maximum absolute atomic E-state index is 12.8. The van der Waals surface area contributed by atoms with Gasteiger partial charge in [0.2, 0.25) is 0 Å². The minimum Gasteiger partial charge on any atom is -0.317 e. The average Bonchev–Trinajstić information content (AvgIpc) is 2.37. The zero-order chi connectivity index (χ0) is 13.4. The van der Waals surface area contributed by atoms with Gasteiger partial charge in [-0.1, -0.05) is 19.1 Å². The maximum atomic E-state index is 12.8. The van der Waals surface area contributed by atoms with Crippen LogP contribution >= 0.6 is 0 Å². The quantitative estimate of drug-likeness (QED) is 0.715. The molecule has 0 fully saturated rings. The molecule has 0 aliphatic carbocycles. The molecular weight excluding hydrogens is 227 g/mol. The Kier molecular flexibility index (Phi) is 6.91. The molecule has 0 radical (unpaired) electrons. The lowest BCUT2D eigenvalue weighted by Gasteiger charge is -2.24. The minimum absolute atomic E-state index is 0.167. The largest absolute Gasteiger partial charge is 0.317 e. The summed E-state index contributed by atoms with van der Waals surface area (Å²) in [6.07, 6.45) is 2.38. The van der Waals surface area contributed by atoms with Crippen molar-refractivity contribution < 1.29 is 4.39 Å². The number of halogens is 1. The molecule has 0 saturated heterocycles. The van der Waals surface area contributed by atoms with Crippen molar-refractivity contribution in [1.82, 2.24) is 10.2 Å². The third-order valence-electron chi connectivity index (χ3n) is 3.32. The number of nitrogens with one attached hydrogen (secondary N) is 1. The lowest BCUT2D eigenvalue weighted by Crippen LogP contribution is -2.29. The van der Waals surface area contributed by atoms with Crippen LogP contribution in [0.4, 0.5) is 4.39 Å². The SMILES string of the molecule is CCNCCCC(C)N(C)Cc1ccc(F)cc1. The Balaban J connectivity index is 2.30. The summed E-state index contributed by atoms with van der Waals surface area (Å²) in [6, 6.07) is 7.32. The highest BCUT2D eigenvalue weighted by Gasteiger charge is 2.09. The summed E-state index contributed by atoms with van der Waals surface area (Å²) in [7, 11) is 2.13. The van der Waals surface area contributed by atoms with Crippen molar-refractivity contribution in [2.45, 2.75) is 39.3 Å². The molecule has 0 heterocycles. The van der Waals surface area contributed by atoms with E-state index in [9.17, 15) is 4.39 Å². The smallest absolute Gasteiger partial charge is 0.123 e. The van der Waals surface area contributed by atoms with Gasteiger partial charge in [-0.25, -0.2) is 4.39 Å². The van der Waals surface area contributed by atoms with Crippen LogP contribution in [-0.2, 0) is 6.54 Å². The van der Waals surface area contributed by atoms with Crippen LogP contribution in [0.1, 0.15) is 32.3 Å². The normalized spacial score (nSPS) is 12.9. The van der Waals surface area contributed by atoms with Gasteiger partial charge in [-0.2, -0.15) is 0 Å². The summed E-state index contributed by atoms with van der Waals surface area (Å²) in [5.74, 6) is -0.167. The maximum Gasteiger partial charge on any atom is 0.123 e. The predicted molar refractivity (Wildman–Crippen MR) is 75.1 cm³/mol. The van der Waals surface area contributed by atoms with Crippen LogP contribution in [0.25, 0.3) is 0 Å². The van der Waals surface area contributed by atoms with Crippen LogP contribution in [-0.4, -0.2) is 31.1 Å². The molecule has 102 valence electrons. The van der Waals surface area contributed by atoms with Crippen LogP contribution in [0.2, 0.25) is 0 Å². The van der Waals surface area contributed by atoms with Crippen LogP contribution in [0, 0.1) is 5.82 Å². The third kappa shape index (κ3) is 5.61. The fraction of sp³-hybridized carbons (Fsp3) is 0.600. The van der Waals surface area contributed by atoms with Gasteiger partial charge in [0, 0.05) is 12.6 Å². The monoisotopic (exact) mass is 252 g/mol. The molecule has 1 aromatic carbocycles. The predicted octanol–water partition coefficient (Wildman–Crippen LogP) is 3.04. The van der Waals surface area contributed by atoms with E-state index in [4.69, 9.17) is 0 Å². The first-order chi connectivity index (χ1) is 8.63. The molecule has 2 nitrogen and oxygen atoms in total. The van der Waals surface area contributed by atoms with Crippen LogP contribution < -0.4 is 5.32 Å². The van der Waals surface area contributed by atoms with E-state index < -0.39 is 0 Å². The fourth-order valence-electron chi connectivity index (χ4n) is 1.95. The second-order valence-corrected chi connectivity index (χ2v) is 4.89. The topological polar surface area (TPSA) is 15.3 Å². The Labute approximate surface area is 110 Å². The van der Waals surface area contributed by atoms with Crippen molar-refractivity contribution in [3.63, 3.8) is 0 Å². The van der Waals surface area contributed by atoms with Gasteiger partial charge in [0.05, 0.1) is 0 Å². The van der Waals surface area contributed by atoms with Gasteiger partial charge in [0.1, 0.15) is 5.82 Å². The van der Waals surface area contributed by atoms with Crippen molar-refractivity contribution in [2.75, 3.05) is 20.1 Å². The van der Waals surface area contributed by atoms with Crippen molar-refractivity contribution in [3.8, 4) is 0 Å². The first-order valence-electron chi connectivity index (χ1n) is 6.79. The Morgan fingerprint density at radius 1 is 1.28 bits per heavy atom. The van der Waals surface area contributed by atoms with Crippen molar-refractivity contribution >= 4 is 0 Å². The molecule has 0 saturated carbocycles. The summed E-state index contributed by atoms with van der Waals surface area (Å²) < 4.78 is 12.8. The molecule has 18 heavy (non-hydrogen) atoms. The highest BCUT2D eigenvalue weighted by Crippen LogP contribution is 2.10. The fourth-order valence-corrected chi connectivity index (χ4v) is 1.95. The number of nitrogens with zero attached hydrogens (tertiary/aromatic N) is 1. The van der Waals surface area contributed by atoms with Crippen LogP contribution in [0.5, 0.6) is 0 Å². The molecule has 1 N–H and O–H groups in total. The summed E-state index contributed by atoms with van der Waals surface area (Å²) in [4.78, 5) is 2.32. The Hall–Kier alpha value is -0.930. The van der Waals surface area contributed by atoms with E-state index >= 15 is 0 Å². The van der Waals surface area contributed by atoms with E-state index in [1.807, 2.05) is 12.1 Å². The molecule has 0 aliphatic heterocycles. The van der Waals surface area contributed by atoms with Gasteiger partial charge in [-0.3, -0.25) is 4.90 Å². The molecule has 1 aromatic rings. The molecular formula is C15H25FN2. The van der Waals surface area contributed by atoms with Gasteiger partial charge in [0.25, 0.3) is 0 Å². The van der Waals surface area contributed by atoms with Gasteiger partial charge in [-0.05, 0) is 57.6 Å². The minimum atomic E-state index is -0.167. The molecule has 1 atom stereocenters. The zero-order valence-corrected chi connectivity index (χ0v) is 11.7. The highest BCUT2D eigenvalue weighted by molar-refractivity contribution is 5.15. The zero-order valence-electron chi connectivity index (χ0n) is 11.7. The van der Waals surface area contributed by atoms with Crippen molar-refractivity contribution in [1.29, 1.82) is 0 Å². The van der Waals surface area contributed by atoms with Crippen molar-refractivity contribution in [2.24, 2.45) is 0 Å². The molecule has 1 rings (SSSR count). The van der Waals surface area contributed by atoms with E-state index in [0.29, 0.717) is 6.04 Å². The third-order valence-corrected chi connectivity index (χ3v) is 3.32. The van der Waals surface area contributed by atoms with Gasteiger partial charge in [-0.15, -0.1) is 0 Å². The van der Waals surface area contributed by atoms with Gasteiger partial charge < -0.3 is 5.32 Å². The lowest BCUT2D eigenvalue weighted by atomic mass is 10.1. The molecule has 1 unspecified atom stereocenters. The van der Waals surface area contributed by atoms with Crippen LogP contribution in [0.15, 0.2) is 24.3 Å². The number of rotatable bonds is 8. The standard InChI is InChI=1S/C15H25FN2/c1-4-17-11-5-6-13(2)18(3)12-14-7-9-15(16)10-8-14/h7-10,13,17H,4-6,11-12H2,1-3H3. The summed E-state index contributed by atoms with van der Waals surface area (Å²) in [5.41, 5.74) is 1.16. The van der Waals surface area contributed by atoms with Gasteiger partial charge in [0.15, 0.2) is 0 Å². The van der Waals surface area contributed by atoms with Crippen molar-refractivity contribution in [3.05, 3.63) is 35.6 Å². The van der Waals surface area contributed by atoms with Gasteiger partial charge >= 0.3 is 0 Å². The Morgan fingerprint density at radius 3 is 2.56 bits per heavy atom. The summed E-state index contributed by atoms with van der Waals surface area (Å²) in [5, 5.41) is 3.34. The number of hydrogen-bond donors (Lipinski definition) is 1. The second kappa shape index (κ2) is 8.22. The molecule has 0 aliphatic rings. The molecule has 0 amide bonds. The first kappa shape index (κ1) is 15.1. The number of benzene rings is 1. The van der Waals surface area contributed by atoms with E-state index in [-0.39, 0.29) is 5.82 Å².